The Morgan fingerprint density at radius 2 is 2.06 bits per heavy atom. The molecule has 0 aliphatic heterocycles. The van der Waals surface area contributed by atoms with Crippen LogP contribution >= 0.6 is 11.3 Å². The van der Waals surface area contributed by atoms with Crippen molar-refractivity contribution in [3.8, 4) is 0 Å². The lowest BCUT2D eigenvalue weighted by Crippen LogP contribution is -2.52. The summed E-state index contributed by atoms with van der Waals surface area (Å²) in [6.45, 7) is 6.01. The quantitative estimate of drug-likeness (QED) is 0.714. The van der Waals surface area contributed by atoms with E-state index in [2.05, 4.69) is 30.6 Å². The van der Waals surface area contributed by atoms with E-state index < -0.39 is 5.54 Å². The molecule has 0 bridgehead atoms. The van der Waals surface area contributed by atoms with Crippen LogP contribution in [-0.2, 0) is 0 Å². The van der Waals surface area contributed by atoms with Crippen LogP contribution in [0.1, 0.15) is 36.8 Å². The van der Waals surface area contributed by atoms with Gasteiger partial charge in [0.1, 0.15) is 0 Å². The fourth-order valence-corrected chi connectivity index (χ4v) is 2.76. The molecule has 3 N–H and O–H groups in total. The van der Waals surface area contributed by atoms with Crippen molar-refractivity contribution in [2.75, 3.05) is 13.2 Å². The molecule has 0 spiro atoms. The molecule has 1 atom stereocenters. The molecule has 3 nitrogen and oxygen atoms in total. The molecule has 1 aromatic heterocycles. The predicted molar refractivity (Wildman–Crippen MR) is 67.8 cm³/mol. The maximum absolute atomic E-state index is 9.37. The Bertz CT molecular complexity index is 312. The number of rotatable bonds is 6. The minimum atomic E-state index is -0.574. The van der Waals surface area contributed by atoms with Crippen LogP contribution in [0, 0.1) is 6.92 Å². The second-order valence-electron chi connectivity index (χ2n) is 4.28. The minimum absolute atomic E-state index is 0.0469. The Balaban J connectivity index is 2.76. The van der Waals surface area contributed by atoms with Gasteiger partial charge in [0.05, 0.1) is 18.8 Å². The van der Waals surface area contributed by atoms with E-state index in [1.807, 2.05) is 6.92 Å². The fourth-order valence-electron chi connectivity index (χ4n) is 1.82. The van der Waals surface area contributed by atoms with Crippen LogP contribution in [0.25, 0.3) is 0 Å². The van der Waals surface area contributed by atoms with Gasteiger partial charge in [0.15, 0.2) is 0 Å². The summed E-state index contributed by atoms with van der Waals surface area (Å²) in [5.41, 5.74) is 0.682. The van der Waals surface area contributed by atoms with Gasteiger partial charge in [-0.3, -0.25) is 5.32 Å². The molecule has 16 heavy (non-hydrogen) atoms. The molecule has 0 saturated heterocycles. The van der Waals surface area contributed by atoms with Crippen molar-refractivity contribution in [3.63, 3.8) is 0 Å². The summed E-state index contributed by atoms with van der Waals surface area (Å²) < 4.78 is 0. The van der Waals surface area contributed by atoms with E-state index >= 15 is 0 Å². The maximum Gasteiger partial charge on any atom is 0.0650 e. The van der Waals surface area contributed by atoms with E-state index in [0.717, 1.165) is 0 Å². The Morgan fingerprint density at radius 1 is 1.44 bits per heavy atom. The van der Waals surface area contributed by atoms with Gasteiger partial charge in [-0.15, -0.1) is 11.3 Å². The van der Waals surface area contributed by atoms with Gasteiger partial charge in [-0.05, 0) is 37.3 Å². The van der Waals surface area contributed by atoms with Crippen molar-refractivity contribution >= 4 is 11.3 Å². The Hall–Kier alpha value is -0.420. The third-order valence-electron chi connectivity index (χ3n) is 3.10. The predicted octanol–water partition coefficient (Wildman–Crippen LogP) is 1.84. The summed E-state index contributed by atoms with van der Waals surface area (Å²) in [7, 11) is 0. The molecule has 0 aliphatic carbocycles. The van der Waals surface area contributed by atoms with Crippen LogP contribution in [0.3, 0.4) is 0 Å². The molecule has 0 saturated carbocycles. The van der Waals surface area contributed by atoms with E-state index in [9.17, 15) is 10.2 Å². The highest BCUT2D eigenvalue weighted by atomic mass is 32.1. The molecule has 1 heterocycles. The summed E-state index contributed by atoms with van der Waals surface area (Å²) in [4.78, 5) is 1.26. The number of aliphatic hydroxyl groups excluding tert-OH is 2. The minimum Gasteiger partial charge on any atom is -0.394 e. The zero-order valence-electron chi connectivity index (χ0n) is 10.2. The molecule has 0 aromatic carbocycles. The molecule has 92 valence electrons. The second-order valence-corrected chi connectivity index (χ2v) is 5.23. The molecule has 1 aromatic rings. The third-order valence-corrected chi connectivity index (χ3v) is 4.30. The number of nitrogens with one attached hydrogen (secondary N) is 1. The number of hydrogen-bond donors (Lipinski definition) is 3. The van der Waals surface area contributed by atoms with Gasteiger partial charge in [-0.25, -0.2) is 0 Å². The van der Waals surface area contributed by atoms with E-state index in [4.69, 9.17) is 0 Å². The lowest BCUT2D eigenvalue weighted by Gasteiger charge is -2.33. The molecular weight excluding hydrogens is 222 g/mol. The molecule has 0 aliphatic rings. The van der Waals surface area contributed by atoms with Crippen molar-refractivity contribution in [2.45, 2.75) is 38.8 Å². The Morgan fingerprint density at radius 3 is 2.44 bits per heavy atom. The summed E-state index contributed by atoms with van der Waals surface area (Å²) in [6.07, 6.45) is 0.703. The van der Waals surface area contributed by atoms with E-state index in [-0.39, 0.29) is 19.3 Å². The zero-order valence-corrected chi connectivity index (χ0v) is 11.0. The topological polar surface area (TPSA) is 52.5 Å². The SMILES string of the molecule is CCC(CO)(CO)NC(C)c1sccc1C. The fraction of sp³-hybridized carbons (Fsp3) is 0.667. The zero-order chi connectivity index (χ0) is 12.2. The van der Waals surface area contributed by atoms with Crippen molar-refractivity contribution in [1.82, 2.24) is 5.32 Å². The molecular formula is C12H21NO2S. The highest BCUT2D eigenvalue weighted by Gasteiger charge is 2.28. The Kier molecular flexibility index (Phi) is 4.92. The summed E-state index contributed by atoms with van der Waals surface area (Å²) >= 11 is 1.70. The molecule has 4 heteroatoms. The van der Waals surface area contributed by atoms with E-state index in [1.165, 1.54) is 10.4 Å². The molecule has 0 amide bonds. The van der Waals surface area contributed by atoms with Crippen molar-refractivity contribution in [3.05, 3.63) is 21.9 Å². The van der Waals surface area contributed by atoms with Gasteiger partial charge in [0, 0.05) is 10.9 Å². The molecule has 0 radical (unpaired) electrons. The van der Waals surface area contributed by atoms with Crippen LogP contribution in [0.5, 0.6) is 0 Å². The lowest BCUT2D eigenvalue weighted by atomic mass is 9.96. The van der Waals surface area contributed by atoms with Crippen LogP contribution < -0.4 is 5.32 Å². The lowest BCUT2D eigenvalue weighted by molar-refractivity contribution is 0.0796. The molecule has 1 unspecified atom stereocenters. The highest BCUT2D eigenvalue weighted by Crippen LogP contribution is 2.26. The van der Waals surface area contributed by atoms with Crippen LogP contribution in [0.2, 0.25) is 0 Å². The monoisotopic (exact) mass is 243 g/mol. The first-order valence-electron chi connectivity index (χ1n) is 5.62. The third kappa shape index (κ3) is 2.83. The van der Waals surface area contributed by atoms with Crippen molar-refractivity contribution < 1.29 is 10.2 Å². The van der Waals surface area contributed by atoms with Gasteiger partial charge in [0.2, 0.25) is 0 Å². The van der Waals surface area contributed by atoms with Gasteiger partial charge < -0.3 is 10.2 Å². The average Bonchev–Trinajstić information content (AvgIpc) is 2.72. The van der Waals surface area contributed by atoms with Gasteiger partial charge in [0.25, 0.3) is 0 Å². The summed E-state index contributed by atoms with van der Waals surface area (Å²) in [5.74, 6) is 0. The van der Waals surface area contributed by atoms with Crippen molar-refractivity contribution in [1.29, 1.82) is 0 Å². The molecule has 1 rings (SSSR count). The van der Waals surface area contributed by atoms with Crippen LogP contribution in [0.15, 0.2) is 11.4 Å². The second kappa shape index (κ2) is 5.77. The first-order chi connectivity index (χ1) is 7.58. The van der Waals surface area contributed by atoms with Gasteiger partial charge in [-0.1, -0.05) is 6.92 Å². The van der Waals surface area contributed by atoms with Crippen molar-refractivity contribution in [2.24, 2.45) is 0 Å². The van der Waals surface area contributed by atoms with Crippen LogP contribution in [-0.4, -0.2) is 29.0 Å². The highest BCUT2D eigenvalue weighted by molar-refractivity contribution is 7.10. The smallest absolute Gasteiger partial charge is 0.0650 e. The number of aliphatic hydroxyl groups is 2. The average molecular weight is 243 g/mol. The first kappa shape index (κ1) is 13.6. The molecule has 0 fully saturated rings. The van der Waals surface area contributed by atoms with Gasteiger partial charge in [-0.2, -0.15) is 0 Å². The number of hydrogen-bond acceptors (Lipinski definition) is 4. The van der Waals surface area contributed by atoms with Gasteiger partial charge >= 0.3 is 0 Å². The maximum atomic E-state index is 9.37. The summed E-state index contributed by atoms with van der Waals surface area (Å²) in [5, 5.41) is 24.1. The number of thiophene rings is 1. The van der Waals surface area contributed by atoms with E-state index in [1.54, 1.807) is 11.3 Å². The summed E-state index contributed by atoms with van der Waals surface area (Å²) in [6, 6.07) is 2.24. The standard InChI is InChI=1S/C12H21NO2S/c1-4-12(7-14,8-15)13-10(3)11-9(2)5-6-16-11/h5-6,10,13-15H,4,7-8H2,1-3H3. The normalized spacial score (nSPS) is 14.1. The van der Waals surface area contributed by atoms with Crippen LogP contribution in [0.4, 0.5) is 0 Å². The first-order valence-corrected chi connectivity index (χ1v) is 6.50. The Labute approximate surface area is 101 Å². The van der Waals surface area contributed by atoms with E-state index in [0.29, 0.717) is 6.42 Å². The number of aryl methyl sites for hydroxylation is 1. The largest absolute Gasteiger partial charge is 0.394 e.